The molecule has 2 aliphatic heterocycles. The first kappa shape index (κ1) is 19.8. The molecule has 0 aliphatic carbocycles. The Morgan fingerprint density at radius 3 is 2.70 bits per heavy atom. The van der Waals surface area contributed by atoms with E-state index in [0.717, 1.165) is 12.8 Å². The van der Waals surface area contributed by atoms with Gasteiger partial charge in [0.1, 0.15) is 6.61 Å². The average molecular weight is 375 g/mol. The van der Waals surface area contributed by atoms with Crippen molar-refractivity contribution < 1.29 is 19.4 Å². The lowest BCUT2D eigenvalue weighted by Crippen LogP contribution is -2.56. The van der Waals surface area contributed by atoms with Crippen LogP contribution in [0.5, 0.6) is 0 Å². The van der Waals surface area contributed by atoms with Gasteiger partial charge in [0.25, 0.3) is 5.91 Å². The predicted molar refractivity (Wildman–Crippen MR) is 100 cm³/mol. The standard InChI is InChI=1S/C20H29N3O4/c1-15(2)27-13-18(25)22-8-5-20(6-9-22)10-17(24)12-23(14-20)19(26)16-4-3-7-21-11-16/h3-4,7,11,15,17,24H,5-6,8-10,12-14H2,1-2H3. The highest BCUT2D eigenvalue weighted by Gasteiger charge is 2.43. The summed E-state index contributed by atoms with van der Waals surface area (Å²) >= 11 is 0. The van der Waals surface area contributed by atoms with Crippen molar-refractivity contribution in [3.63, 3.8) is 0 Å². The number of ether oxygens (including phenoxy) is 1. The second-order valence-corrected chi connectivity index (χ2v) is 8.03. The van der Waals surface area contributed by atoms with Gasteiger partial charge >= 0.3 is 0 Å². The third kappa shape index (κ3) is 4.84. The largest absolute Gasteiger partial charge is 0.391 e. The number of carbonyl (C=O) groups is 2. The van der Waals surface area contributed by atoms with E-state index in [1.807, 2.05) is 18.7 Å². The number of amides is 2. The predicted octanol–water partition coefficient (Wildman–Crippen LogP) is 1.32. The van der Waals surface area contributed by atoms with E-state index in [1.54, 1.807) is 29.4 Å². The molecule has 3 heterocycles. The number of aliphatic hydroxyl groups is 1. The smallest absolute Gasteiger partial charge is 0.255 e. The number of rotatable bonds is 4. The third-order valence-corrected chi connectivity index (χ3v) is 5.54. The Morgan fingerprint density at radius 1 is 1.33 bits per heavy atom. The van der Waals surface area contributed by atoms with Crippen LogP contribution in [0.15, 0.2) is 24.5 Å². The maximum Gasteiger partial charge on any atom is 0.255 e. The number of carbonyl (C=O) groups excluding carboxylic acids is 2. The van der Waals surface area contributed by atoms with E-state index >= 15 is 0 Å². The molecule has 2 saturated heterocycles. The normalized spacial score (nSPS) is 22.3. The van der Waals surface area contributed by atoms with E-state index in [9.17, 15) is 14.7 Å². The van der Waals surface area contributed by atoms with Crippen LogP contribution in [0.1, 0.15) is 43.5 Å². The molecule has 7 heteroatoms. The van der Waals surface area contributed by atoms with Gasteiger partial charge < -0.3 is 19.6 Å². The quantitative estimate of drug-likeness (QED) is 0.858. The zero-order chi connectivity index (χ0) is 19.4. The molecule has 0 aromatic carbocycles. The fourth-order valence-corrected chi connectivity index (χ4v) is 4.10. The lowest BCUT2D eigenvalue weighted by molar-refractivity contribution is -0.141. The van der Waals surface area contributed by atoms with Crippen LogP contribution in [0.3, 0.4) is 0 Å². The Kier molecular flexibility index (Phi) is 6.11. The van der Waals surface area contributed by atoms with Crippen molar-refractivity contribution in [3.05, 3.63) is 30.1 Å². The number of likely N-dealkylation sites (tertiary alicyclic amines) is 2. The van der Waals surface area contributed by atoms with Gasteiger partial charge in [-0.3, -0.25) is 14.6 Å². The topological polar surface area (TPSA) is 83.0 Å². The Bertz CT molecular complexity index is 656. The minimum Gasteiger partial charge on any atom is -0.391 e. The third-order valence-electron chi connectivity index (χ3n) is 5.54. The van der Waals surface area contributed by atoms with Crippen molar-refractivity contribution >= 4 is 11.8 Å². The van der Waals surface area contributed by atoms with E-state index in [0.29, 0.717) is 38.2 Å². The molecule has 1 spiro atoms. The molecule has 2 aliphatic rings. The molecule has 3 rings (SSSR count). The zero-order valence-corrected chi connectivity index (χ0v) is 16.1. The van der Waals surface area contributed by atoms with Crippen molar-refractivity contribution in [2.24, 2.45) is 5.41 Å². The van der Waals surface area contributed by atoms with Crippen molar-refractivity contribution in [2.75, 3.05) is 32.8 Å². The summed E-state index contributed by atoms with van der Waals surface area (Å²) in [5, 5.41) is 10.4. The van der Waals surface area contributed by atoms with Gasteiger partial charge in [-0.15, -0.1) is 0 Å². The lowest BCUT2D eigenvalue weighted by atomic mass is 9.71. The van der Waals surface area contributed by atoms with Gasteiger partial charge in [-0.05, 0) is 50.7 Å². The van der Waals surface area contributed by atoms with E-state index < -0.39 is 6.10 Å². The molecule has 1 aromatic rings. The molecule has 2 fully saturated rings. The first-order valence-electron chi connectivity index (χ1n) is 9.65. The van der Waals surface area contributed by atoms with Gasteiger partial charge in [0.2, 0.25) is 5.91 Å². The van der Waals surface area contributed by atoms with Gasteiger partial charge in [0.05, 0.1) is 17.8 Å². The lowest BCUT2D eigenvalue weighted by Gasteiger charge is -2.49. The van der Waals surface area contributed by atoms with Crippen molar-refractivity contribution in [1.29, 1.82) is 0 Å². The molecular weight excluding hydrogens is 346 g/mol. The van der Waals surface area contributed by atoms with Gasteiger partial charge in [-0.1, -0.05) is 0 Å². The molecule has 1 atom stereocenters. The molecule has 0 radical (unpaired) electrons. The van der Waals surface area contributed by atoms with E-state index in [-0.39, 0.29) is 29.9 Å². The second-order valence-electron chi connectivity index (χ2n) is 8.03. The Hall–Kier alpha value is -1.99. The molecule has 2 amide bonds. The number of aromatic nitrogens is 1. The number of β-amino-alcohol motifs (C(OH)–C–C–N with tert-alkyl or cyclic N) is 1. The number of hydrogen-bond donors (Lipinski definition) is 1. The molecule has 1 N–H and O–H groups in total. The first-order valence-corrected chi connectivity index (χ1v) is 9.65. The average Bonchev–Trinajstić information content (AvgIpc) is 2.66. The molecule has 1 aromatic heterocycles. The highest BCUT2D eigenvalue weighted by atomic mass is 16.5. The number of pyridine rings is 1. The van der Waals surface area contributed by atoms with Crippen molar-refractivity contribution in [3.8, 4) is 0 Å². The van der Waals surface area contributed by atoms with Crippen LogP contribution < -0.4 is 0 Å². The minimum atomic E-state index is -0.536. The summed E-state index contributed by atoms with van der Waals surface area (Å²) in [5.41, 5.74) is 0.408. The molecular formula is C20H29N3O4. The van der Waals surface area contributed by atoms with Crippen LogP contribution >= 0.6 is 0 Å². The minimum absolute atomic E-state index is 0.0122. The summed E-state index contributed by atoms with van der Waals surface area (Å²) in [4.78, 5) is 32.7. The second kappa shape index (κ2) is 8.35. The first-order chi connectivity index (χ1) is 12.9. The van der Waals surface area contributed by atoms with Crippen LogP contribution in [0.4, 0.5) is 0 Å². The zero-order valence-electron chi connectivity index (χ0n) is 16.1. The molecule has 0 saturated carbocycles. The Labute approximate surface area is 160 Å². The Morgan fingerprint density at radius 2 is 2.07 bits per heavy atom. The van der Waals surface area contributed by atoms with Crippen LogP contribution in [0.25, 0.3) is 0 Å². The number of hydrogen-bond acceptors (Lipinski definition) is 5. The fourth-order valence-electron chi connectivity index (χ4n) is 4.10. The molecule has 148 valence electrons. The SMILES string of the molecule is CC(C)OCC(=O)N1CCC2(CC1)CC(O)CN(C(=O)c1cccnc1)C2. The maximum absolute atomic E-state index is 12.8. The molecule has 27 heavy (non-hydrogen) atoms. The van der Waals surface area contributed by atoms with Crippen LogP contribution in [-0.2, 0) is 9.53 Å². The van der Waals surface area contributed by atoms with Crippen molar-refractivity contribution in [2.45, 2.75) is 45.3 Å². The number of nitrogens with zero attached hydrogens (tertiary/aromatic N) is 3. The summed E-state index contributed by atoms with van der Waals surface area (Å²) in [5.74, 6) is -0.0803. The van der Waals surface area contributed by atoms with Crippen LogP contribution in [-0.4, -0.2) is 76.7 Å². The molecule has 0 bridgehead atoms. The number of aliphatic hydroxyl groups excluding tert-OH is 1. The summed E-state index contributed by atoms with van der Waals surface area (Å²) in [6.45, 7) is 6.18. The van der Waals surface area contributed by atoms with E-state index in [4.69, 9.17) is 4.74 Å². The monoisotopic (exact) mass is 375 g/mol. The Balaban J connectivity index is 1.61. The van der Waals surface area contributed by atoms with Crippen molar-refractivity contribution in [1.82, 2.24) is 14.8 Å². The summed E-state index contributed by atoms with van der Waals surface area (Å²) in [6, 6.07) is 3.49. The highest BCUT2D eigenvalue weighted by Crippen LogP contribution is 2.40. The van der Waals surface area contributed by atoms with Gasteiger partial charge in [0, 0.05) is 38.6 Å². The summed E-state index contributed by atoms with van der Waals surface area (Å²) < 4.78 is 5.42. The van der Waals surface area contributed by atoms with Gasteiger partial charge in [0.15, 0.2) is 0 Å². The van der Waals surface area contributed by atoms with Crippen LogP contribution in [0, 0.1) is 5.41 Å². The summed E-state index contributed by atoms with van der Waals surface area (Å²) in [7, 11) is 0. The molecule has 7 nitrogen and oxygen atoms in total. The van der Waals surface area contributed by atoms with Crippen LogP contribution in [0.2, 0.25) is 0 Å². The van der Waals surface area contributed by atoms with E-state index in [1.165, 1.54) is 0 Å². The van der Waals surface area contributed by atoms with E-state index in [2.05, 4.69) is 4.98 Å². The summed E-state index contributed by atoms with van der Waals surface area (Å²) in [6.07, 6.45) is 4.94. The maximum atomic E-state index is 12.8. The number of piperidine rings is 2. The van der Waals surface area contributed by atoms with Gasteiger partial charge in [-0.25, -0.2) is 0 Å². The fraction of sp³-hybridized carbons (Fsp3) is 0.650. The molecule has 1 unspecified atom stereocenters. The highest BCUT2D eigenvalue weighted by molar-refractivity contribution is 5.94. The van der Waals surface area contributed by atoms with Gasteiger partial charge in [-0.2, -0.15) is 0 Å².